The third-order valence-corrected chi connectivity index (χ3v) is 8.45. The maximum absolute atomic E-state index is 14.6. The third-order valence-electron chi connectivity index (χ3n) is 7.19. The zero-order valence-corrected chi connectivity index (χ0v) is 23.7. The van der Waals surface area contributed by atoms with Gasteiger partial charge < -0.3 is 10.2 Å². The van der Waals surface area contributed by atoms with Gasteiger partial charge >= 0.3 is 6.18 Å². The van der Waals surface area contributed by atoms with E-state index in [0.717, 1.165) is 40.4 Å². The lowest BCUT2D eigenvalue weighted by atomic mass is 9.89. The fraction of sp³-hybridized carbons (Fsp3) is 0.519. The van der Waals surface area contributed by atoms with Crippen molar-refractivity contribution in [2.45, 2.75) is 70.4 Å². The van der Waals surface area contributed by atoms with Crippen LogP contribution < -0.4 is 10.0 Å². The Morgan fingerprint density at radius 3 is 2.50 bits per heavy atom. The van der Waals surface area contributed by atoms with Crippen LogP contribution in [0.25, 0.3) is 22.0 Å². The van der Waals surface area contributed by atoms with Gasteiger partial charge in [0.05, 0.1) is 17.7 Å². The SMILES string of the molecule is CCc1cc(-c2ccc(NS(=O)(=O)CCC(F)(F)F)nc2C)cc2cnc(N[C@@H]3CC[C@@H](N(C)C)C(F)C3)nc12. The van der Waals surface area contributed by atoms with Gasteiger partial charge in [0.1, 0.15) is 12.0 Å². The second-order valence-corrected chi connectivity index (χ2v) is 12.3. The normalized spacial score (nSPS) is 20.2. The van der Waals surface area contributed by atoms with E-state index >= 15 is 0 Å². The molecule has 1 saturated carbocycles. The van der Waals surface area contributed by atoms with Crippen LogP contribution in [-0.4, -0.2) is 72.5 Å². The number of rotatable bonds is 9. The zero-order chi connectivity index (χ0) is 29.2. The molecule has 0 amide bonds. The lowest BCUT2D eigenvalue weighted by molar-refractivity contribution is -0.129. The van der Waals surface area contributed by atoms with Crippen LogP contribution in [0.2, 0.25) is 0 Å². The highest BCUT2D eigenvalue weighted by Crippen LogP contribution is 2.31. The first-order valence-corrected chi connectivity index (χ1v) is 14.8. The van der Waals surface area contributed by atoms with Gasteiger partial charge in [-0.2, -0.15) is 13.2 Å². The molecule has 13 heteroatoms. The number of nitrogens with one attached hydrogen (secondary N) is 2. The van der Waals surface area contributed by atoms with Crippen molar-refractivity contribution in [3.05, 3.63) is 41.7 Å². The number of benzene rings is 1. The van der Waals surface area contributed by atoms with Crippen LogP contribution in [0.4, 0.5) is 29.3 Å². The summed E-state index contributed by atoms with van der Waals surface area (Å²) in [4.78, 5) is 15.4. The standard InChI is InChI=1S/C27H34F4N6O2S/c1-5-17-12-18(21-7-9-24(33-16(21)2)36-40(38,39)11-10-27(29,30)31)13-19-15-32-26(35-25(17)19)34-20-6-8-23(37(3)4)22(28)14-20/h7,9,12-13,15,20,22-23H,5-6,8,10-11,14H2,1-4H3,(H,33,36)(H,32,34,35)/t20-,22?,23-/m1/s1. The van der Waals surface area contributed by atoms with Crippen molar-refractivity contribution < 1.29 is 26.0 Å². The first-order valence-electron chi connectivity index (χ1n) is 13.2. The fourth-order valence-electron chi connectivity index (χ4n) is 5.09. The highest BCUT2D eigenvalue weighted by Gasteiger charge is 2.32. The molecule has 0 aliphatic heterocycles. The quantitative estimate of drug-likeness (QED) is 0.322. The summed E-state index contributed by atoms with van der Waals surface area (Å²) < 4.78 is 78.2. The van der Waals surface area contributed by atoms with Gasteiger partial charge in [0.15, 0.2) is 0 Å². The molecule has 2 N–H and O–H groups in total. The van der Waals surface area contributed by atoms with Gasteiger partial charge in [-0.15, -0.1) is 0 Å². The number of hydrogen-bond acceptors (Lipinski definition) is 7. The zero-order valence-electron chi connectivity index (χ0n) is 22.9. The van der Waals surface area contributed by atoms with Crippen LogP contribution in [0, 0.1) is 6.92 Å². The number of halogens is 4. The number of pyridine rings is 1. The lowest BCUT2D eigenvalue weighted by Crippen LogP contribution is -2.44. The fourth-order valence-corrected chi connectivity index (χ4v) is 6.13. The molecule has 1 fully saturated rings. The average molecular weight is 583 g/mol. The molecule has 3 atom stereocenters. The first-order chi connectivity index (χ1) is 18.7. The van der Waals surface area contributed by atoms with Crippen molar-refractivity contribution >= 4 is 32.7 Å². The number of fused-ring (bicyclic) bond motifs is 1. The molecular formula is C27H34F4N6O2S. The minimum atomic E-state index is -4.57. The van der Waals surface area contributed by atoms with E-state index in [1.165, 1.54) is 6.07 Å². The van der Waals surface area contributed by atoms with Crippen molar-refractivity contribution in [1.29, 1.82) is 0 Å². The van der Waals surface area contributed by atoms with Gasteiger partial charge in [-0.25, -0.2) is 27.8 Å². The molecule has 8 nitrogen and oxygen atoms in total. The van der Waals surface area contributed by atoms with Crippen molar-refractivity contribution in [3.63, 3.8) is 0 Å². The molecule has 3 aromatic rings. The van der Waals surface area contributed by atoms with Gasteiger partial charge in [-0.05, 0) is 75.7 Å². The summed E-state index contributed by atoms with van der Waals surface area (Å²) in [5.74, 6) is -0.670. The number of alkyl halides is 4. The summed E-state index contributed by atoms with van der Waals surface area (Å²) in [6, 6.07) is 6.87. The van der Waals surface area contributed by atoms with Crippen molar-refractivity contribution in [3.8, 4) is 11.1 Å². The second kappa shape index (κ2) is 11.8. The first kappa shape index (κ1) is 29.9. The topological polar surface area (TPSA) is 100 Å². The molecular weight excluding hydrogens is 548 g/mol. The van der Waals surface area contributed by atoms with Crippen LogP contribution >= 0.6 is 0 Å². The molecule has 1 aliphatic rings. The van der Waals surface area contributed by atoms with Crippen LogP contribution in [0.1, 0.15) is 43.9 Å². The molecule has 0 spiro atoms. The smallest absolute Gasteiger partial charge is 0.351 e. The molecule has 2 heterocycles. The Kier molecular flexibility index (Phi) is 8.83. The Balaban J connectivity index is 1.53. The van der Waals surface area contributed by atoms with Gasteiger partial charge in [0.25, 0.3) is 0 Å². The molecule has 40 heavy (non-hydrogen) atoms. The summed E-state index contributed by atoms with van der Waals surface area (Å²) in [6.45, 7) is 3.71. The van der Waals surface area contributed by atoms with E-state index in [4.69, 9.17) is 4.98 Å². The minimum Gasteiger partial charge on any atom is -0.351 e. The Bertz CT molecular complexity index is 1470. The van der Waals surface area contributed by atoms with E-state index in [-0.39, 0.29) is 17.9 Å². The molecule has 1 unspecified atom stereocenters. The molecule has 0 radical (unpaired) electrons. The molecule has 1 aliphatic carbocycles. The largest absolute Gasteiger partial charge is 0.390 e. The lowest BCUT2D eigenvalue weighted by Gasteiger charge is -2.35. The summed E-state index contributed by atoms with van der Waals surface area (Å²) >= 11 is 0. The van der Waals surface area contributed by atoms with Crippen LogP contribution in [0.15, 0.2) is 30.5 Å². The van der Waals surface area contributed by atoms with E-state index in [2.05, 4.69) is 20.0 Å². The molecule has 218 valence electrons. The summed E-state index contributed by atoms with van der Waals surface area (Å²) in [7, 11) is -0.410. The summed E-state index contributed by atoms with van der Waals surface area (Å²) in [5.41, 5.74) is 3.82. The van der Waals surface area contributed by atoms with Crippen molar-refractivity contribution in [1.82, 2.24) is 19.9 Å². The van der Waals surface area contributed by atoms with E-state index in [9.17, 15) is 26.0 Å². The van der Waals surface area contributed by atoms with E-state index < -0.39 is 34.5 Å². The Hall–Kier alpha value is -3.06. The number of hydrogen-bond donors (Lipinski definition) is 2. The average Bonchev–Trinajstić information content (AvgIpc) is 2.86. The monoisotopic (exact) mass is 582 g/mol. The maximum atomic E-state index is 14.6. The number of aryl methyl sites for hydroxylation is 2. The molecule has 4 rings (SSSR count). The Labute approximate surface area is 231 Å². The van der Waals surface area contributed by atoms with Crippen LogP contribution in [0.3, 0.4) is 0 Å². The van der Waals surface area contributed by atoms with E-state index in [1.54, 1.807) is 19.2 Å². The molecule has 1 aromatic carbocycles. The van der Waals surface area contributed by atoms with Gasteiger partial charge in [-0.3, -0.25) is 4.72 Å². The van der Waals surface area contributed by atoms with Crippen molar-refractivity contribution in [2.75, 3.05) is 29.9 Å². The second-order valence-electron chi connectivity index (χ2n) is 10.4. The van der Waals surface area contributed by atoms with E-state index in [1.807, 2.05) is 38.1 Å². The predicted octanol–water partition coefficient (Wildman–Crippen LogP) is 5.49. The van der Waals surface area contributed by atoms with Gasteiger partial charge in [0, 0.05) is 41.3 Å². The molecule has 0 bridgehead atoms. The number of nitrogens with zero attached hydrogens (tertiary/aromatic N) is 4. The number of anilines is 2. The minimum absolute atomic E-state index is 0.0471. The van der Waals surface area contributed by atoms with Gasteiger partial charge in [-0.1, -0.05) is 6.92 Å². The highest BCUT2D eigenvalue weighted by molar-refractivity contribution is 7.92. The van der Waals surface area contributed by atoms with Crippen LogP contribution in [0.5, 0.6) is 0 Å². The molecule has 2 aromatic heterocycles. The number of sulfonamides is 1. The number of aromatic nitrogens is 3. The summed E-state index contributed by atoms with van der Waals surface area (Å²) in [5, 5.41) is 4.10. The van der Waals surface area contributed by atoms with Gasteiger partial charge in [0.2, 0.25) is 16.0 Å². The van der Waals surface area contributed by atoms with Crippen molar-refractivity contribution in [2.24, 2.45) is 0 Å². The highest BCUT2D eigenvalue weighted by atomic mass is 32.2. The van der Waals surface area contributed by atoms with E-state index in [0.29, 0.717) is 24.5 Å². The van der Waals surface area contributed by atoms with Crippen LogP contribution in [-0.2, 0) is 16.4 Å². The third kappa shape index (κ3) is 7.36. The molecule has 0 saturated heterocycles. The Morgan fingerprint density at radius 1 is 1.12 bits per heavy atom. The predicted molar refractivity (Wildman–Crippen MR) is 149 cm³/mol. The maximum Gasteiger partial charge on any atom is 0.390 e. The summed E-state index contributed by atoms with van der Waals surface area (Å²) in [6.07, 6.45) is -2.56. The Morgan fingerprint density at radius 2 is 1.88 bits per heavy atom.